The fourth-order valence-electron chi connectivity index (χ4n) is 1.93. The molecule has 1 saturated carbocycles. The summed E-state index contributed by atoms with van der Waals surface area (Å²) >= 11 is 0. The number of hydrogen-bond donors (Lipinski definition) is 3. The molecule has 0 radical (unpaired) electrons. The molecule has 2 amide bonds. The van der Waals surface area contributed by atoms with Crippen molar-refractivity contribution < 1.29 is 14.6 Å². The summed E-state index contributed by atoms with van der Waals surface area (Å²) in [7, 11) is 0. The van der Waals surface area contributed by atoms with Crippen LogP contribution in [0.15, 0.2) is 24.3 Å². The van der Waals surface area contributed by atoms with Crippen molar-refractivity contribution in [3.8, 4) is 0 Å². The molecule has 5 nitrogen and oxygen atoms in total. The molecule has 3 N–H and O–H groups in total. The molecule has 0 aliphatic heterocycles. The van der Waals surface area contributed by atoms with E-state index in [2.05, 4.69) is 10.6 Å². The number of hydrogen-bond acceptors (Lipinski definition) is 3. The van der Waals surface area contributed by atoms with Crippen LogP contribution in [0, 0.1) is 5.92 Å². The zero-order valence-electron chi connectivity index (χ0n) is 12.5. The van der Waals surface area contributed by atoms with E-state index in [-0.39, 0.29) is 6.03 Å². The van der Waals surface area contributed by atoms with Gasteiger partial charge in [0.1, 0.15) is 0 Å². The Labute approximate surface area is 125 Å². The molecule has 0 spiro atoms. The highest BCUT2D eigenvalue weighted by molar-refractivity contribution is 5.89. The van der Waals surface area contributed by atoms with E-state index in [0.717, 1.165) is 24.5 Å². The lowest BCUT2D eigenvalue weighted by Gasteiger charge is -2.09. The van der Waals surface area contributed by atoms with Crippen LogP contribution in [0.25, 0.3) is 0 Å². The topological polar surface area (TPSA) is 70.6 Å². The fraction of sp³-hybridized carbons (Fsp3) is 0.562. The average Bonchev–Trinajstić information content (AvgIpc) is 3.27. The van der Waals surface area contributed by atoms with Crippen molar-refractivity contribution in [2.24, 2.45) is 5.92 Å². The van der Waals surface area contributed by atoms with Crippen LogP contribution in [0.5, 0.6) is 0 Å². The number of aliphatic hydroxyl groups excluding tert-OH is 1. The lowest BCUT2D eigenvalue weighted by atomic mass is 10.1. The number of anilines is 1. The Bertz CT molecular complexity index is 441. The van der Waals surface area contributed by atoms with Gasteiger partial charge in [0.15, 0.2) is 0 Å². The van der Waals surface area contributed by atoms with E-state index in [4.69, 9.17) is 4.74 Å². The van der Waals surface area contributed by atoms with Crippen LogP contribution in [0.1, 0.15) is 37.9 Å². The molecule has 5 heteroatoms. The zero-order valence-corrected chi connectivity index (χ0v) is 12.5. The molecule has 0 heterocycles. The Hall–Kier alpha value is -1.59. The number of carbonyl (C=O) groups excluding carboxylic acids is 1. The minimum absolute atomic E-state index is 0.220. The van der Waals surface area contributed by atoms with Crippen molar-refractivity contribution in [1.82, 2.24) is 5.32 Å². The third-order valence-corrected chi connectivity index (χ3v) is 3.45. The van der Waals surface area contributed by atoms with Gasteiger partial charge in [-0.05, 0) is 49.8 Å². The lowest BCUT2D eigenvalue weighted by Crippen LogP contribution is -2.30. The highest BCUT2D eigenvalue weighted by Crippen LogP contribution is 2.28. The predicted molar refractivity (Wildman–Crippen MR) is 82.3 cm³/mol. The van der Waals surface area contributed by atoms with Crippen LogP contribution in [0.2, 0.25) is 0 Å². The number of amides is 2. The minimum Gasteiger partial charge on any atom is -0.389 e. The third kappa shape index (κ3) is 6.14. The summed E-state index contributed by atoms with van der Waals surface area (Å²) in [6.45, 7) is 3.87. The van der Waals surface area contributed by atoms with Gasteiger partial charge in [-0.25, -0.2) is 4.79 Å². The molecule has 1 aromatic carbocycles. The Morgan fingerprint density at radius 3 is 2.71 bits per heavy atom. The minimum atomic E-state index is -0.497. The average molecular weight is 292 g/mol. The van der Waals surface area contributed by atoms with Crippen LogP contribution >= 0.6 is 0 Å². The molecule has 0 bridgehead atoms. The van der Waals surface area contributed by atoms with Crippen LogP contribution in [-0.2, 0) is 4.74 Å². The first-order chi connectivity index (χ1) is 10.1. The Morgan fingerprint density at radius 1 is 1.38 bits per heavy atom. The van der Waals surface area contributed by atoms with E-state index in [1.165, 1.54) is 12.8 Å². The second kappa shape index (κ2) is 8.00. The van der Waals surface area contributed by atoms with Gasteiger partial charge in [-0.1, -0.05) is 12.1 Å². The standard InChI is InChI=1S/C16H24N2O3/c1-12(19)14-5-7-15(8-6-14)18-16(20)17-9-2-10-21-11-13-3-4-13/h5-8,12-13,19H,2-4,9-11H2,1H3,(H2,17,18,20). The normalized spacial score (nSPS) is 15.5. The molecule has 2 rings (SSSR count). The molecular formula is C16H24N2O3. The van der Waals surface area contributed by atoms with E-state index in [0.29, 0.717) is 18.8 Å². The maximum Gasteiger partial charge on any atom is 0.319 e. The van der Waals surface area contributed by atoms with E-state index in [1.807, 2.05) is 0 Å². The van der Waals surface area contributed by atoms with Crippen LogP contribution in [0.3, 0.4) is 0 Å². The van der Waals surface area contributed by atoms with Crippen LogP contribution in [-0.4, -0.2) is 30.9 Å². The maximum absolute atomic E-state index is 11.7. The van der Waals surface area contributed by atoms with Gasteiger partial charge in [-0.2, -0.15) is 0 Å². The van der Waals surface area contributed by atoms with Gasteiger partial charge >= 0.3 is 6.03 Å². The van der Waals surface area contributed by atoms with Gasteiger partial charge in [-0.3, -0.25) is 0 Å². The quantitative estimate of drug-likeness (QED) is 0.645. The summed E-state index contributed by atoms with van der Waals surface area (Å²) in [5, 5.41) is 15.0. The van der Waals surface area contributed by atoms with Gasteiger partial charge < -0.3 is 20.5 Å². The first-order valence-electron chi connectivity index (χ1n) is 7.56. The van der Waals surface area contributed by atoms with Gasteiger partial charge in [0.25, 0.3) is 0 Å². The highest BCUT2D eigenvalue weighted by atomic mass is 16.5. The Balaban J connectivity index is 1.57. The monoisotopic (exact) mass is 292 g/mol. The van der Waals surface area contributed by atoms with Gasteiger partial charge in [0.2, 0.25) is 0 Å². The van der Waals surface area contributed by atoms with Crippen molar-refractivity contribution in [2.45, 2.75) is 32.3 Å². The van der Waals surface area contributed by atoms with Crippen molar-refractivity contribution >= 4 is 11.7 Å². The van der Waals surface area contributed by atoms with Crippen molar-refractivity contribution in [1.29, 1.82) is 0 Å². The number of nitrogens with one attached hydrogen (secondary N) is 2. The summed E-state index contributed by atoms with van der Waals surface area (Å²) in [6.07, 6.45) is 2.92. The molecule has 0 saturated heterocycles. The maximum atomic E-state index is 11.7. The molecular weight excluding hydrogens is 268 g/mol. The molecule has 116 valence electrons. The van der Waals surface area contributed by atoms with Gasteiger partial charge in [-0.15, -0.1) is 0 Å². The van der Waals surface area contributed by atoms with Gasteiger partial charge in [0, 0.05) is 25.4 Å². The summed E-state index contributed by atoms with van der Waals surface area (Å²) < 4.78 is 5.50. The smallest absolute Gasteiger partial charge is 0.319 e. The van der Waals surface area contributed by atoms with E-state index >= 15 is 0 Å². The zero-order chi connectivity index (χ0) is 15.1. The molecule has 1 fully saturated rings. The lowest BCUT2D eigenvalue weighted by molar-refractivity contribution is 0.122. The van der Waals surface area contributed by atoms with Crippen molar-refractivity contribution in [3.63, 3.8) is 0 Å². The first kappa shape index (κ1) is 15.8. The Kier molecular flexibility index (Phi) is 6.02. The van der Waals surface area contributed by atoms with E-state index < -0.39 is 6.10 Å². The predicted octanol–water partition coefficient (Wildman–Crippen LogP) is 2.68. The molecule has 1 aliphatic carbocycles. The summed E-state index contributed by atoms with van der Waals surface area (Å²) in [4.78, 5) is 11.7. The number of aliphatic hydroxyl groups is 1. The molecule has 1 aliphatic rings. The number of rotatable bonds is 8. The summed E-state index contributed by atoms with van der Waals surface area (Å²) in [5.74, 6) is 0.783. The molecule has 21 heavy (non-hydrogen) atoms. The second-order valence-electron chi connectivity index (χ2n) is 5.55. The van der Waals surface area contributed by atoms with Crippen LogP contribution in [0.4, 0.5) is 10.5 Å². The van der Waals surface area contributed by atoms with Crippen molar-refractivity contribution in [2.75, 3.05) is 25.1 Å². The number of ether oxygens (including phenoxy) is 1. The van der Waals surface area contributed by atoms with E-state index in [1.54, 1.807) is 31.2 Å². The molecule has 0 aromatic heterocycles. The van der Waals surface area contributed by atoms with E-state index in [9.17, 15) is 9.90 Å². The van der Waals surface area contributed by atoms with Crippen molar-refractivity contribution in [3.05, 3.63) is 29.8 Å². The van der Waals surface area contributed by atoms with Crippen LogP contribution < -0.4 is 10.6 Å². The summed E-state index contributed by atoms with van der Waals surface area (Å²) in [5.41, 5.74) is 1.54. The second-order valence-corrected chi connectivity index (χ2v) is 5.55. The largest absolute Gasteiger partial charge is 0.389 e. The number of carbonyl (C=O) groups is 1. The fourth-order valence-corrected chi connectivity index (χ4v) is 1.93. The number of urea groups is 1. The Morgan fingerprint density at radius 2 is 2.10 bits per heavy atom. The first-order valence-corrected chi connectivity index (χ1v) is 7.56. The highest BCUT2D eigenvalue weighted by Gasteiger charge is 2.20. The SMILES string of the molecule is CC(O)c1ccc(NC(=O)NCCCOCC2CC2)cc1. The molecule has 1 unspecified atom stereocenters. The van der Waals surface area contributed by atoms with Gasteiger partial charge in [0.05, 0.1) is 6.10 Å². The molecule has 1 aromatic rings. The summed E-state index contributed by atoms with van der Waals surface area (Å²) in [6, 6.07) is 6.93. The molecule has 1 atom stereocenters. The third-order valence-electron chi connectivity index (χ3n) is 3.45. The number of benzene rings is 1.